The van der Waals surface area contributed by atoms with Crippen LogP contribution >= 0.6 is 0 Å². The van der Waals surface area contributed by atoms with Gasteiger partial charge >= 0.3 is 17.9 Å². The first-order valence-electron chi connectivity index (χ1n) is 4.44. The van der Waals surface area contributed by atoms with E-state index in [-0.39, 0.29) is 18.2 Å². The Morgan fingerprint density at radius 1 is 1.16 bits per heavy atom. The second-order valence-corrected chi connectivity index (χ2v) is 5.27. The molecule has 10 heteroatoms. The molecule has 0 aliphatic rings. The van der Waals surface area contributed by atoms with Crippen LogP contribution in [0, 0.1) is 0 Å². The molecule has 1 N–H and O–H groups in total. The van der Waals surface area contributed by atoms with E-state index in [1.54, 1.807) is 0 Å². The Balaban J connectivity index is 3.59. The Hall–Kier alpha value is -1.71. The molecule has 1 rings (SSSR count). The Kier molecular flexibility index (Phi) is 3.84. The summed E-state index contributed by atoms with van der Waals surface area (Å²) >= 11 is 0. The van der Waals surface area contributed by atoms with E-state index in [2.05, 4.69) is 0 Å². The van der Waals surface area contributed by atoms with Crippen LogP contribution in [-0.2, 0) is 16.0 Å². The molecule has 106 valence electrons. The fraction of sp³-hybridized carbons (Fsp3) is 0.222. The van der Waals surface area contributed by atoms with E-state index in [9.17, 15) is 35.2 Å². The van der Waals surface area contributed by atoms with Gasteiger partial charge in [-0.3, -0.25) is 0 Å². The molecule has 0 spiro atoms. The zero-order chi connectivity index (χ0) is 15.0. The predicted octanol–water partition coefficient (Wildman–Crippen LogP) is 2.40. The molecule has 19 heavy (non-hydrogen) atoms. The van der Waals surface area contributed by atoms with Crippen LogP contribution in [-0.4, -0.2) is 25.3 Å². The standard InChI is InChI=1S/C9H5F5O4S/c10-8(11)19(17,18)6-2-4(7(15)16)1-5(3-6)9(12,13)14/h1-3,8H,(H,15,16). The zero-order valence-electron chi connectivity index (χ0n) is 8.78. The van der Waals surface area contributed by atoms with E-state index in [0.29, 0.717) is 0 Å². The van der Waals surface area contributed by atoms with Crippen molar-refractivity contribution in [3.8, 4) is 0 Å². The van der Waals surface area contributed by atoms with Crippen LogP contribution in [0.4, 0.5) is 22.0 Å². The summed E-state index contributed by atoms with van der Waals surface area (Å²) in [5, 5.41) is 8.55. The molecule has 0 atom stereocenters. The van der Waals surface area contributed by atoms with Crippen molar-refractivity contribution in [2.75, 3.05) is 0 Å². The van der Waals surface area contributed by atoms with Gasteiger partial charge in [0.1, 0.15) is 0 Å². The van der Waals surface area contributed by atoms with E-state index in [1.807, 2.05) is 0 Å². The monoisotopic (exact) mass is 304 g/mol. The van der Waals surface area contributed by atoms with Gasteiger partial charge in [0.25, 0.3) is 0 Å². The molecule has 0 aliphatic carbocycles. The second kappa shape index (κ2) is 4.76. The zero-order valence-corrected chi connectivity index (χ0v) is 9.60. The fourth-order valence-corrected chi connectivity index (χ4v) is 1.94. The van der Waals surface area contributed by atoms with Gasteiger partial charge in [-0.05, 0) is 18.2 Å². The lowest BCUT2D eigenvalue weighted by molar-refractivity contribution is -0.137. The highest BCUT2D eigenvalue weighted by Crippen LogP contribution is 2.32. The molecule has 0 saturated carbocycles. The van der Waals surface area contributed by atoms with E-state index in [4.69, 9.17) is 5.11 Å². The van der Waals surface area contributed by atoms with E-state index < -0.39 is 43.8 Å². The molecule has 0 aromatic heterocycles. The molecule has 0 heterocycles. The van der Waals surface area contributed by atoms with E-state index in [0.717, 1.165) is 0 Å². The fourth-order valence-electron chi connectivity index (χ4n) is 1.15. The van der Waals surface area contributed by atoms with Crippen molar-refractivity contribution in [3.63, 3.8) is 0 Å². The minimum Gasteiger partial charge on any atom is -0.478 e. The van der Waals surface area contributed by atoms with Crippen molar-refractivity contribution < 1.29 is 40.3 Å². The molecule has 0 amide bonds. The van der Waals surface area contributed by atoms with Crippen LogP contribution in [0.15, 0.2) is 23.1 Å². The minimum atomic E-state index is -5.31. The van der Waals surface area contributed by atoms with Crippen LogP contribution in [0.2, 0.25) is 0 Å². The molecule has 0 fully saturated rings. The van der Waals surface area contributed by atoms with Crippen molar-refractivity contribution in [2.45, 2.75) is 16.8 Å². The minimum absolute atomic E-state index is 0.0338. The highest BCUT2D eigenvalue weighted by molar-refractivity contribution is 7.91. The van der Waals surface area contributed by atoms with Gasteiger partial charge < -0.3 is 5.11 Å². The average Bonchev–Trinajstić information content (AvgIpc) is 2.26. The first-order chi connectivity index (χ1) is 8.46. The molecular formula is C9H5F5O4S. The number of carboxylic acid groups (broad SMARTS) is 1. The van der Waals surface area contributed by atoms with E-state index >= 15 is 0 Å². The van der Waals surface area contributed by atoms with Crippen LogP contribution < -0.4 is 0 Å². The van der Waals surface area contributed by atoms with E-state index in [1.165, 1.54) is 0 Å². The van der Waals surface area contributed by atoms with Gasteiger partial charge in [-0.25, -0.2) is 13.2 Å². The molecule has 0 radical (unpaired) electrons. The second-order valence-electron chi connectivity index (χ2n) is 3.35. The number of aromatic carboxylic acids is 1. The third-order valence-electron chi connectivity index (χ3n) is 2.04. The Morgan fingerprint density at radius 2 is 1.68 bits per heavy atom. The number of sulfone groups is 1. The first-order valence-corrected chi connectivity index (χ1v) is 5.98. The average molecular weight is 304 g/mol. The van der Waals surface area contributed by atoms with Crippen molar-refractivity contribution in [3.05, 3.63) is 29.3 Å². The lowest BCUT2D eigenvalue weighted by Gasteiger charge is -2.10. The lowest BCUT2D eigenvalue weighted by Crippen LogP contribution is -2.15. The lowest BCUT2D eigenvalue weighted by atomic mass is 10.1. The third-order valence-corrected chi connectivity index (χ3v) is 3.41. The molecular weight excluding hydrogens is 299 g/mol. The van der Waals surface area contributed by atoms with Gasteiger partial charge in [-0.2, -0.15) is 22.0 Å². The van der Waals surface area contributed by atoms with Gasteiger partial charge in [-0.1, -0.05) is 0 Å². The summed E-state index contributed by atoms with van der Waals surface area (Å²) in [6, 6.07) is 0.375. The van der Waals surface area contributed by atoms with Crippen LogP contribution in [0.25, 0.3) is 0 Å². The number of alkyl halides is 5. The summed E-state index contributed by atoms with van der Waals surface area (Å²) in [5.41, 5.74) is -2.68. The van der Waals surface area contributed by atoms with Crippen LogP contribution in [0.3, 0.4) is 0 Å². The third kappa shape index (κ3) is 3.19. The number of rotatable bonds is 3. The van der Waals surface area contributed by atoms with Crippen LogP contribution in [0.1, 0.15) is 15.9 Å². The highest BCUT2D eigenvalue weighted by atomic mass is 32.2. The van der Waals surface area contributed by atoms with Gasteiger partial charge in [0, 0.05) is 0 Å². The SMILES string of the molecule is O=C(O)c1cc(C(F)(F)F)cc(S(=O)(=O)C(F)F)c1. The number of hydrogen-bond donors (Lipinski definition) is 1. The molecule has 0 saturated heterocycles. The maximum Gasteiger partial charge on any atom is 0.416 e. The summed E-state index contributed by atoms with van der Waals surface area (Å²) in [6.07, 6.45) is -5.06. The summed E-state index contributed by atoms with van der Waals surface area (Å²) < 4.78 is 83.9. The van der Waals surface area contributed by atoms with Crippen molar-refractivity contribution in [1.82, 2.24) is 0 Å². The van der Waals surface area contributed by atoms with Crippen molar-refractivity contribution >= 4 is 15.8 Å². The maximum absolute atomic E-state index is 12.4. The Labute approximate surface area is 103 Å². The number of hydrogen-bond acceptors (Lipinski definition) is 3. The summed E-state index contributed by atoms with van der Waals surface area (Å²) in [7, 11) is -5.31. The highest BCUT2D eigenvalue weighted by Gasteiger charge is 2.35. The first kappa shape index (κ1) is 15.3. The molecule has 1 aromatic rings. The van der Waals surface area contributed by atoms with Gasteiger partial charge in [0.2, 0.25) is 9.84 Å². The van der Waals surface area contributed by atoms with Gasteiger partial charge in [0.15, 0.2) is 0 Å². The molecule has 0 bridgehead atoms. The van der Waals surface area contributed by atoms with Gasteiger partial charge in [-0.15, -0.1) is 0 Å². The number of benzene rings is 1. The normalized spacial score (nSPS) is 12.7. The van der Waals surface area contributed by atoms with Gasteiger partial charge in [0.05, 0.1) is 16.0 Å². The summed E-state index contributed by atoms with van der Waals surface area (Å²) in [6.45, 7) is 0. The molecule has 0 aliphatic heterocycles. The number of carbonyl (C=O) groups is 1. The smallest absolute Gasteiger partial charge is 0.416 e. The molecule has 0 unspecified atom stereocenters. The quantitative estimate of drug-likeness (QED) is 0.870. The molecule has 1 aromatic carbocycles. The summed E-state index contributed by atoms with van der Waals surface area (Å²) in [4.78, 5) is 9.19. The molecule has 4 nitrogen and oxygen atoms in total. The Morgan fingerprint density at radius 3 is 2.05 bits per heavy atom. The topological polar surface area (TPSA) is 71.4 Å². The maximum atomic E-state index is 12.4. The summed E-state index contributed by atoms with van der Waals surface area (Å²) in [5.74, 6) is -5.81. The predicted molar refractivity (Wildman–Crippen MR) is 51.6 cm³/mol. The Bertz CT molecular complexity index is 606. The van der Waals surface area contributed by atoms with Crippen molar-refractivity contribution in [2.24, 2.45) is 0 Å². The van der Waals surface area contributed by atoms with Crippen LogP contribution in [0.5, 0.6) is 0 Å². The van der Waals surface area contributed by atoms with Crippen molar-refractivity contribution in [1.29, 1.82) is 0 Å². The number of carboxylic acids is 1. The largest absolute Gasteiger partial charge is 0.478 e. The number of halogens is 5.